The second kappa shape index (κ2) is 9.31. The van der Waals surface area contributed by atoms with E-state index in [2.05, 4.69) is 0 Å². The van der Waals surface area contributed by atoms with Gasteiger partial charge in [-0.3, -0.25) is 0 Å². The molecule has 0 aromatic heterocycles. The van der Waals surface area contributed by atoms with Gasteiger partial charge in [0.15, 0.2) is 0 Å². The Morgan fingerprint density at radius 3 is 1.80 bits per heavy atom. The summed E-state index contributed by atoms with van der Waals surface area (Å²) < 4.78 is 14.8. The van der Waals surface area contributed by atoms with Crippen LogP contribution in [0.5, 0.6) is 0 Å². The first kappa shape index (κ1) is 12.9. The van der Waals surface area contributed by atoms with Gasteiger partial charge in [-0.1, -0.05) is 23.4 Å². The third-order valence-corrected chi connectivity index (χ3v) is 1.56. The smallest absolute Gasteiger partial charge is 0.150 e. The van der Waals surface area contributed by atoms with Crippen LogP contribution < -0.4 is 0 Å². The second-order valence-corrected chi connectivity index (χ2v) is 2.46. The van der Waals surface area contributed by atoms with E-state index in [4.69, 9.17) is 14.2 Å². The summed E-state index contributed by atoms with van der Waals surface area (Å²) in [6, 6.07) is 0. The minimum atomic E-state index is 0. The van der Waals surface area contributed by atoms with Crippen LogP contribution in [0.15, 0.2) is 0 Å². The summed E-state index contributed by atoms with van der Waals surface area (Å²) in [6.45, 7) is 0.764. The second-order valence-electron chi connectivity index (χ2n) is 1.39. The molecule has 0 unspecified atom stereocenters. The summed E-state index contributed by atoms with van der Waals surface area (Å²) in [7, 11) is 0.766. The van der Waals surface area contributed by atoms with Gasteiger partial charge < -0.3 is 14.2 Å². The van der Waals surface area contributed by atoms with Crippen LogP contribution in [0, 0.1) is 0 Å². The predicted molar refractivity (Wildman–Crippen MR) is 44.5 cm³/mol. The van der Waals surface area contributed by atoms with Crippen LogP contribution in [-0.4, -0.2) is 26.3 Å². The molecule has 0 radical (unpaired) electrons. The summed E-state index contributed by atoms with van der Waals surface area (Å²) in [4.78, 5) is 0. The number of hydrogen-bond acceptors (Lipinski definition) is 3. The zero-order chi connectivity index (χ0) is 5.66. The molecular weight excluding hydrogens is 151 g/mol. The van der Waals surface area contributed by atoms with Gasteiger partial charge in [0, 0.05) is 0 Å². The van der Waals surface area contributed by atoms with Gasteiger partial charge in [0.1, 0.15) is 13.6 Å². The topological polar surface area (TPSA) is 27.7 Å². The molecule has 0 saturated carbocycles. The molecule has 1 aliphatic heterocycles. The fraction of sp³-hybridized carbons (Fsp3) is 1.00. The molecule has 3 nitrogen and oxygen atoms in total. The summed E-state index contributed by atoms with van der Waals surface area (Å²) in [5.41, 5.74) is 0. The highest BCUT2D eigenvalue weighted by Gasteiger charge is 1.93. The molecule has 0 amide bonds. The minimum Gasteiger partial charge on any atom is -0.351 e. The molecule has 0 atom stereocenters. The third-order valence-electron chi connectivity index (χ3n) is 0.742. The first-order valence-electron chi connectivity index (χ1n) is 2.44. The molecule has 1 heterocycles. The van der Waals surface area contributed by atoms with Crippen LogP contribution in [0.2, 0.25) is 0 Å². The van der Waals surface area contributed by atoms with E-state index in [1.54, 1.807) is 0 Å². The van der Waals surface area contributed by atoms with Crippen LogP contribution >= 0.6 is 8.58 Å². The van der Waals surface area contributed by atoms with Gasteiger partial charge in [-0.25, -0.2) is 0 Å². The molecular formula is C6H17O3P. The van der Waals surface area contributed by atoms with E-state index in [9.17, 15) is 0 Å². The van der Waals surface area contributed by atoms with Crippen LogP contribution in [-0.2, 0) is 14.2 Å². The van der Waals surface area contributed by atoms with Gasteiger partial charge in [0.05, 0.1) is 12.7 Å². The average molecular weight is 168 g/mol. The first-order chi connectivity index (χ1) is 4.00. The van der Waals surface area contributed by atoms with Crippen LogP contribution in [0.3, 0.4) is 0 Å². The highest BCUT2D eigenvalue weighted by molar-refractivity contribution is 7.37. The Morgan fingerprint density at radius 2 is 1.30 bits per heavy atom. The largest absolute Gasteiger partial charge is 0.351 e. The van der Waals surface area contributed by atoms with Crippen LogP contribution in [0.1, 0.15) is 14.9 Å². The Labute approximate surface area is 64.8 Å². The van der Waals surface area contributed by atoms with E-state index in [0.29, 0.717) is 13.6 Å². The molecule has 0 bridgehead atoms. The van der Waals surface area contributed by atoms with Crippen LogP contribution in [0.4, 0.5) is 0 Å². The highest BCUT2D eigenvalue weighted by atomic mass is 31.1. The van der Waals surface area contributed by atoms with E-state index < -0.39 is 0 Å². The maximum absolute atomic E-state index is 4.98. The van der Waals surface area contributed by atoms with Gasteiger partial charge in [0.2, 0.25) is 0 Å². The maximum atomic E-state index is 4.98. The van der Waals surface area contributed by atoms with Crippen molar-refractivity contribution in [3.05, 3.63) is 0 Å². The predicted octanol–water partition coefficient (Wildman–Crippen LogP) is 1.83. The standard InChI is InChI=1S/C4H9O3P.2CH4/c1-5-2-7-4-8-3-6-1;;/h8H,1-4H2;2*1H4. The third kappa shape index (κ3) is 6.43. The van der Waals surface area contributed by atoms with Gasteiger partial charge in [-0.2, -0.15) is 0 Å². The van der Waals surface area contributed by atoms with E-state index in [1.807, 2.05) is 0 Å². The summed E-state index contributed by atoms with van der Waals surface area (Å²) in [5.74, 6) is 0. The number of hydrogen-bond donors (Lipinski definition) is 0. The summed E-state index contributed by atoms with van der Waals surface area (Å²) >= 11 is 0. The number of ether oxygens (including phenoxy) is 3. The molecule has 1 rings (SSSR count). The summed E-state index contributed by atoms with van der Waals surface area (Å²) in [6.07, 6.45) is 1.56. The zero-order valence-electron chi connectivity index (χ0n) is 4.55. The fourth-order valence-electron chi connectivity index (χ4n) is 0.421. The molecule has 0 N–H and O–H groups in total. The van der Waals surface area contributed by atoms with Crippen molar-refractivity contribution in [2.24, 2.45) is 0 Å². The van der Waals surface area contributed by atoms with Crippen molar-refractivity contribution in [2.75, 3.05) is 26.3 Å². The van der Waals surface area contributed by atoms with E-state index in [1.165, 1.54) is 0 Å². The van der Waals surface area contributed by atoms with Gasteiger partial charge in [0.25, 0.3) is 0 Å². The first-order valence-corrected chi connectivity index (χ1v) is 3.85. The molecule has 0 spiro atoms. The van der Waals surface area contributed by atoms with Crippen LogP contribution in [0.25, 0.3) is 0 Å². The van der Waals surface area contributed by atoms with Crippen molar-refractivity contribution in [1.82, 2.24) is 0 Å². The highest BCUT2D eigenvalue weighted by Crippen LogP contribution is 2.10. The molecule has 1 saturated heterocycles. The van der Waals surface area contributed by atoms with E-state index >= 15 is 0 Å². The van der Waals surface area contributed by atoms with E-state index in [-0.39, 0.29) is 14.9 Å². The monoisotopic (exact) mass is 168 g/mol. The normalized spacial score (nSPS) is 19.2. The molecule has 0 aromatic carbocycles. The summed E-state index contributed by atoms with van der Waals surface area (Å²) in [5, 5.41) is 0. The van der Waals surface area contributed by atoms with Crippen molar-refractivity contribution in [3.8, 4) is 0 Å². The molecule has 0 aliphatic carbocycles. The Balaban J connectivity index is 0. The fourth-order valence-corrected chi connectivity index (χ4v) is 0.960. The lowest BCUT2D eigenvalue weighted by Crippen LogP contribution is -2.07. The van der Waals surface area contributed by atoms with E-state index in [0.717, 1.165) is 21.3 Å². The zero-order valence-corrected chi connectivity index (χ0v) is 5.55. The van der Waals surface area contributed by atoms with Crippen molar-refractivity contribution in [2.45, 2.75) is 14.9 Å². The quantitative estimate of drug-likeness (QED) is 0.516. The van der Waals surface area contributed by atoms with Crippen molar-refractivity contribution < 1.29 is 14.2 Å². The molecule has 4 heteroatoms. The molecule has 0 aromatic rings. The van der Waals surface area contributed by atoms with Crippen molar-refractivity contribution >= 4 is 8.58 Å². The van der Waals surface area contributed by atoms with Crippen molar-refractivity contribution in [3.63, 3.8) is 0 Å². The van der Waals surface area contributed by atoms with Crippen molar-refractivity contribution in [1.29, 1.82) is 0 Å². The Hall–Kier alpha value is 0.310. The molecule has 1 aliphatic rings. The lowest BCUT2D eigenvalue weighted by Gasteiger charge is -2.10. The maximum Gasteiger partial charge on any atom is 0.150 e. The average Bonchev–Trinajstić information content (AvgIpc) is 1.62. The Kier molecular flexibility index (Phi) is 12.0. The minimum absolute atomic E-state index is 0. The molecule has 1 fully saturated rings. The number of rotatable bonds is 0. The molecule has 10 heavy (non-hydrogen) atoms. The molecule has 64 valence electrons. The SMILES string of the molecule is C.C.C1OCOCPCO1. The lowest BCUT2D eigenvalue weighted by molar-refractivity contribution is -0.121. The van der Waals surface area contributed by atoms with Gasteiger partial charge >= 0.3 is 0 Å². The van der Waals surface area contributed by atoms with Gasteiger partial charge in [-0.15, -0.1) is 0 Å². The van der Waals surface area contributed by atoms with Gasteiger partial charge in [-0.05, 0) is 0 Å². The Morgan fingerprint density at radius 1 is 0.800 bits per heavy atom. The Bertz CT molecular complexity index is 37.0. The lowest BCUT2D eigenvalue weighted by atomic mass is 11.3.